The molecule has 1 aliphatic heterocycles. The van der Waals surface area contributed by atoms with Gasteiger partial charge < -0.3 is 15.4 Å². The van der Waals surface area contributed by atoms with E-state index in [1.165, 1.54) is 55.3 Å². The van der Waals surface area contributed by atoms with Gasteiger partial charge in [0.2, 0.25) is 11.8 Å². The molecule has 0 radical (unpaired) electrons. The molecule has 0 fully saturated rings. The van der Waals surface area contributed by atoms with E-state index in [0.29, 0.717) is 21.8 Å². The number of ether oxygens (including phenoxy) is 1. The van der Waals surface area contributed by atoms with Crippen LogP contribution in [0.3, 0.4) is 0 Å². The number of hydrogen-bond donors (Lipinski definition) is 2. The fourth-order valence-corrected chi connectivity index (χ4v) is 5.08. The molecule has 0 aliphatic carbocycles. The number of fused-ring (bicyclic) bond motifs is 1. The van der Waals surface area contributed by atoms with E-state index in [4.69, 9.17) is 0 Å². The number of thioether (sulfide) groups is 1. The highest BCUT2D eigenvalue weighted by molar-refractivity contribution is 8.01. The van der Waals surface area contributed by atoms with Crippen LogP contribution in [0.4, 0.5) is 11.4 Å². The summed E-state index contributed by atoms with van der Waals surface area (Å²) >= 11 is 1.29. The number of methoxy groups -OCH3 is 1. The minimum Gasteiger partial charge on any atom is -0.465 e. The van der Waals surface area contributed by atoms with Crippen LogP contribution in [0, 0.1) is 0 Å². The Hall–Kier alpha value is -2.85. The highest BCUT2D eigenvalue weighted by Crippen LogP contribution is 2.37. The smallest absolute Gasteiger partial charge is 0.337 e. The van der Waals surface area contributed by atoms with Gasteiger partial charge in [-0.05, 0) is 49.4 Å². The number of hydrogen-bond acceptors (Lipinski definition) is 7. The first-order chi connectivity index (χ1) is 14.2. The Kier molecular flexibility index (Phi) is 6.47. The van der Waals surface area contributed by atoms with Crippen molar-refractivity contribution < 1.29 is 27.5 Å². The highest BCUT2D eigenvalue weighted by Gasteiger charge is 2.25. The summed E-state index contributed by atoms with van der Waals surface area (Å²) in [6, 6.07) is 10.6. The molecule has 2 N–H and O–H groups in total. The van der Waals surface area contributed by atoms with Crippen LogP contribution in [0.2, 0.25) is 0 Å². The van der Waals surface area contributed by atoms with Crippen LogP contribution in [-0.2, 0) is 24.2 Å². The Morgan fingerprint density at radius 3 is 2.53 bits per heavy atom. The van der Waals surface area contributed by atoms with E-state index in [2.05, 4.69) is 15.4 Å². The molecule has 0 saturated carbocycles. The molecule has 0 spiro atoms. The predicted octanol–water partition coefficient (Wildman–Crippen LogP) is 2.71. The van der Waals surface area contributed by atoms with Crippen molar-refractivity contribution in [3.8, 4) is 0 Å². The van der Waals surface area contributed by atoms with Gasteiger partial charge in [0, 0.05) is 17.0 Å². The first kappa shape index (κ1) is 21.8. The summed E-state index contributed by atoms with van der Waals surface area (Å²) < 4.78 is 29.9. The maximum absolute atomic E-state index is 12.6. The lowest BCUT2D eigenvalue weighted by molar-refractivity contribution is -0.116. The van der Waals surface area contributed by atoms with Gasteiger partial charge in [-0.2, -0.15) is 0 Å². The number of carbonyl (C=O) groups excluding carboxylic acids is 3. The van der Waals surface area contributed by atoms with E-state index in [1.807, 2.05) is 0 Å². The van der Waals surface area contributed by atoms with Crippen molar-refractivity contribution in [2.75, 3.05) is 23.5 Å². The molecule has 8 nitrogen and oxygen atoms in total. The molecule has 2 aromatic rings. The van der Waals surface area contributed by atoms with Crippen molar-refractivity contribution in [1.82, 2.24) is 0 Å². The molecular weight excluding hydrogens is 428 g/mol. The minimum absolute atomic E-state index is 0.104. The second-order valence-corrected chi connectivity index (χ2v) is 10.1. The number of esters is 1. The van der Waals surface area contributed by atoms with E-state index in [0.717, 1.165) is 0 Å². The lowest BCUT2D eigenvalue weighted by Crippen LogP contribution is -2.26. The number of amides is 2. The fourth-order valence-electron chi connectivity index (χ4n) is 2.75. The number of carbonyl (C=O) groups is 3. The fraction of sp³-hybridized carbons (Fsp3) is 0.250. The van der Waals surface area contributed by atoms with Crippen molar-refractivity contribution in [3.05, 3.63) is 48.0 Å². The molecule has 2 aromatic carbocycles. The van der Waals surface area contributed by atoms with Crippen LogP contribution < -0.4 is 10.6 Å². The summed E-state index contributed by atoms with van der Waals surface area (Å²) in [5.74, 6) is -1.43. The Balaban J connectivity index is 1.62. The van der Waals surface area contributed by atoms with Gasteiger partial charge in [0.05, 0.1) is 34.3 Å². The molecule has 158 valence electrons. The topological polar surface area (TPSA) is 119 Å². The summed E-state index contributed by atoms with van der Waals surface area (Å²) in [7, 11) is -2.41. The number of benzene rings is 2. The summed E-state index contributed by atoms with van der Waals surface area (Å²) in [6.45, 7) is 1.74. The second kappa shape index (κ2) is 8.88. The third kappa shape index (κ3) is 5.00. The van der Waals surface area contributed by atoms with Crippen LogP contribution in [0.5, 0.6) is 0 Å². The van der Waals surface area contributed by atoms with Gasteiger partial charge in [0.1, 0.15) is 0 Å². The van der Waals surface area contributed by atoms with Crippen molar-refractivity contribution >= 4 is 50.8 Å². The van der Waals surface area contributed by atoms with Crippen LogP contribution in [0.25, 0.3) is 0 Å². The number of anilines is 2. The summed E-state index contributed by atoms with van der Waals surface area (Å²) in [5, 5.41) is 5.02. The van der Waals surface area contributed by atoms with Crippen LogP contribution in [0.1, 0.15) is 23.7 Å². The Labute approximate surface area is 178 Å². The summed E-state index contributed by atoms with van der Waals surface area (Å²) in [5.41, 5.74) is 1.36. The highest BCUT2D eigenvalue weighted by atomic mass is 32.2. The third-order valence-corrected chi connectivity index (χ3v) is 7.30. The molecule has 30 heavy (non-hydrogen) atoms. The van der Waals surface area contributed by atoms with Crippen molar-refractivity contribution in [2.24, 2.45) is 0 Å². The number of sulfone groups is 1. The number of nitrogens with one attached hydrogen (secondary N) is 2. The predicted molar refractivity (Wildman–Crippen MR) is 113 cm³/mol. The lowest BCUT2D eigenvalue weighted by atomic mass is 10.2. The SMILES string of the molecule is COC(=O)c1ccc(NC(=O)CCS(=O)(=O)c2ccc3c(c2)SC(C)C(=O)N3)cc1. The average molecular weight is 449 g/mol. The van der Waals surface area contributed by atoms with Crippen LogP contribution in [-0.4, -0.2) is 44.3 Å². The van der Waals surface area contributed by atoms with Gasteiger partial charge in [0.25, 0.3) is 0 Å². The average Bonchev–Trinajstić information content (AvgIpc) is 2.73. The zero-order chi connectivity index (χ0) is 21.9. The van der Waals surface area contributed by atoms with Crippen molar-refractivity contribution in [3.63, 3.8) is 0 Å². The minimum atomic E-state index is -3.68. The Bertz CT molecular complexity index is 1100. The molecular formula is C20H20N2O6S2. The monoisotopic (exact) mass is 448 g/mol. The molecule has 1 unspecified atom stereocenters. The van der Waals surface area contributed by atoms with Gasteiger partial charge in [-0.3, -0.25) is 9.59 Å². The van der Waals surface area contributed by atoms with Gasteiger partial charge in [-0.15, -0.1) is 11.8 Å². The zero-order valence-corrected chi connectivity index (χ0v) is 17.9. The first-order valence-electron chi connectivity index (χ1n) is 9.02. The van der Waals surface area contributed by atoms with E-state index in [9.17, 15) is 22.8 Å². The molecule has 1 aliphatic rings. The van der Waals surface area contributed by atoms with Crippen molar-refractivity contribution in [1.29, 1.82) is 0 Å². The number of rotatable bonds is 6. The molecule has 0 bridgehead atoms. The van der Waals surface area contributed by atoms with Gasteiger partial charge in [0.15, 0.2) is 9.84 Å². The first-order valence-corrected chi connectivity index (χ1v) is 11.6. The van der Waals surface area contributed by atoms with E-state index in [1.54, 1.807) is 13.0 Å². The Morgan fingerprint density at radius 2 is 1.87 bits per heavy atom. The largest absolute Gasteiger partial charge is 0.465 e. The normalized spacial score (nSPS) is 15.7. The summed E-state index contributed by atoms with van der Waals surface area (Å²) in [6.07, 6.45) is -0.224. The standard InChI is InChI=1S/C20H20N2O6S2/c1-12-19(24)22-16-8-7-15(11-17(16)29-12)30(26,27)10-9-18(23)21-14-5-3-13(4-6-14)20(25)28-2/h3-8,11-12H,9-10H2,1-2H3,(H,21,23)(H,22,24). The van der Waals surface area contributed by atoms with E-state index < -0.39 is 21.7 Å². The van der Waals surface area contributed by atoms with Gasteiger partial charge in [-0.1, -0.05) is 0 Å². The molecule has 1 heterocycles. The van der Waals surface area contributed by atoms with Crippen molar-refractivity contribution in [2.45, 2.75) is 28.4 Å². The second-order valence-electron chi connectivity index (χ2n) is 6.59. The molecule has 10 heteroatoms. The van der Waals surface area contributed by atoms with E-state index >= 15 is 0 Å². The van der Waals surface area contributed by atoms with E-state index in [-0.39, 0.29) is 28.2 Å². The Morgan fingerprint density at radius 1 is 1.17 bits per heavy atom. The third-order valence-electron chi connectivity index (χ3n) is 4.43. The lowest BCUT2D eigenvalue weighted by Gasteiger charge is -2.21. The molecule has 0 saturated heterocycles. The maximum Gasteiger partial charge on any atom is 0.337 e. The molecule has 3 rings (SSSR count). The maximum atomic E-state index is 12.6. The van der Waals surface area contributed by atoms with Gasteiger partial charge in [-0.25, -0.2) is 13.2 Å². The van der Waals surface area contributed by atoms with Crippen LogP contribution >= 0.6 is 11.8 Å². The summed E-state index contributed by atoms with van der Waals surface area (Å²) in [4.78, 5) is 36.1. The van der Waals surface area contributed by atoms with Gasteiger partial charge >= 0.3 is 5.97 Å². The quantitative estimate of drug-likeness (QED) is 0.652. The molecule has 2 amide bonds. The molecule has 0 aromatic heterocycles. The zero-order valence-electron chi connectivity index (χ0n) is 16.3. The van der Waals surface area contributed by atoms with Crippen LogP contribution in [0.15, 0.2) is 52.3 Å². The molecule has 1 atom stereocenters.